The molecule has 6 heteroatoms. The van der Waals surface area contributed by atoms with E-state index in [4.69, 9.17) is 4.74 Å². The topological polar surface area (TPSA) is 61.9 Å². The molecule has 1 aromatic carbocycles. The average molecular weight is 371 g/mol. The number of hydrogen-bond acceptors (Lipinski definition) is 3. The van der Waals surface area contributed by atoms with Gasteiger partial charge in [0.2, 0.25) is 5.91 Å². The van der Waals surface area contributed by atoms with Crippen molar-refractivity contribution in [3.8, 4) is 0 Å². The van der Waals surface area contributed by atoms with Crippen LogP contribution in [0.1, 0.15) is 38.5 Å². The second-order valence-electron chi connectivity index (χ2n) is 7.88. The molecule has 0 bridgehead atoms. The summed E-state index contributed by atoms with van der Waals surface area (Å²) in [6, 6.07) is 10.1. The van der Waals surface area contributed by atoms with E-state index in [0.29, 0.717) is 25.0 Å². The lowest BCUT2D eigenvalue weighted by molar-refractivity contribution is -0.141. The fourth-order valence-corrected chi connectivity index (χ4v) is 4.23. The second kappa shape index (κ2) is 8.30. The molecule has 0 aromatic heterocycles. The van der Waals surface area contributed by atoms with Crippen molar-refractivity contribution >= 4 is 17.6 Å². The smallest absolute Gasteiger partial charge is 0.321 e. The summed E-state index contributed by atoms with van der Waals surface area (Å²) < 4.78 is 5.50. The summed E-state index contributed by atoms with van der Waals surface area (Å²) in [5, 5.41) is 2.96. The van der Waals surface area contributed by atoms with Crippen molar-refractivity contribution in [2.75, 3.05) is 31.6 Å². The number of nitrogens with one attached hydrogen (secondary N) is 1. The van der Waals surface area contributed by atoms with Crippen molar-refractivity contribution in [2.24, 2.45) is 5.92 Å². The fourth-order valence-electron chi connectivity index (χ4n) is 4.23. The Morgan fingerprint density at radius 2 is 1.56 bits per heavy atom. The molecule has 27 heavy (non-hydrogen) atoms. The molecule has 4 rings (SSSR count). The zero-order valence-electron chi connectivity index (χ0n) is 15.8. The monoisotopic (exact) mass is 371 g/mol. The maximum Gasteiger partial charge on any atom is 0.321 e. The first-order valence-corrected chi connectivity index (χ1v) is 10.2. The molecular weight excluding hydrogens is 342 g/mol. The minimum absolute atomic E-state index is 0.0502. The largest absolute Gasteiger partial charge is 0.381 e. The molecule has 1 saturated carbocycles. The summed E-state index contributed by atoms with van der Waals surface area (Å²) in [6.45, 7) is 2.89. The number of nitrogens with zero attached hydrogens (tertiary/aromatic N) is 2. The van der Waals surface area contributed by atoms with E-state index in [1.54, 1.807) is 0 Å². The van der Waals surface area contributed by atoms with Gasteiger partial charge in [0.1, 0.15) is 0 Å². The summed E-state index contributed by atoms with van der Waals surface area (Å²) >= 11 is 0. The highest BCUT2D eigenvalue weighted by Gasteiger charge is 2.41. The third-order valence-corrected chi connectivity index (χ3v) is 5.94. The van der Waals surface area contributed by atoms with Crippen LogP contribution in [0.2, 0.25) is 0 Å². The van der Waals surface area contributed by atoms with E-state index < -0.39 is 0 Å². The molecule has 2 heterocycles. The summed E-state index contributed by atoms with van der Waals surface area (Å²) in [5.74, 6) is 0.585. The van der Waals surface area contributed by atoms with Gasteiger partial charge >= 0.3 is 6.03 Å². The first-order valence-electron chi connectivity index (χ1n) is 10.2. The van der Waals surface area contributed by atoms with Gasteiger partial charge in [-0.2, -0.15) is 0 Å². The lowest BCUT2D eigenvalue weighted by Crippen LogP contribution is -2.54. The molecule has 3 amide bonds. The molecular formula is C21H29N3O3. The van der Waals surface area contributed by atoms with Crippen molar-refractivity contribution in [1.29, 1.82) is 0 Å². The van der Waals surface area contributed by atoms with E-state index in [2.05, 4.69) is 10.2 Å². The highest BCUT2D eigenvalue weighted by atomic mass is 16.5. The highest BCUT2D eigenvalue weighted by molar-refractivity contribution is 5.89. The van der Waals surface area contributed by atoms with Crippen LogP contribution in [0.3, 0.4) is 0 Å². The Morgan fingerprint density at radius 3 is 2.19 bits per heavy atom. The van der Waals surface area contributed by atoms with Crippen molar-refractivity contribution in [1.82, 2.24) is 9.80 Å². The highest BCUT2D eigenvalue weighted by Crippen LogP contribution is 2.35. The van der Waals surface area contributed by atoms with Crippen molar-refractivity contribution in [3.63, 3.8) is 0 Å². The maximum absolute atomic E-state index is 13.0. The number of benzene rings is 1. The summed E-state index contributed by atoms with van der Waals surface area (Å²) in [4.78, 5) is 29.5. The molecule has 3 fully saturated rings. The van der Waals surface area contributed by atoms with Gasteiger partial charge in [-0.25, -0.2) is 4.79 Å². The maximum atomic E-state index is 13.0. The number of likely N-dealkylation sites (tertiary alicyclic amines) is 1. The number of para-hydroxylation sites is 1. The van der Waals surface area contributed by atoms with E-state index in [0.717, 1.165) is 57.4 Å². The van der Waals surface area contributed by atoms with Crippen molar-refractivity contribution in [3.05, 3.63) is 30.3 Å². The molecule has 0 radical (unpaired) electrons. The number of carbonyl (C=O) groups is 2. The van der Waals surface area contributed by atoms with Crippen LogP contribution in [0.15, 0.2) is 30.3 Å². The molecule has 1 aliphatic carbocycles. The Bertz CT molecular complexity index is 648. The molecule has 1 aromatic rings. The normalized spacial score (nSPS) is 21.7. The van der Waals surface area contributed by atoms with Crippen LogP contribution in [0.5, 0.6) is 0 Å². The second-order valence-corrected chi connectivity index (χ2v) is 7.88. The van der Waals surface area contributed by atoms with Gasteiger partial charge < -0.3 is 19.9 Å². The van der Waals surface area contributed by atoms with E-state index in [-0.39, 0.29) is 18.0 Å². The number of carbonyl (C=O) groups excluding carboxylic acids is 2. The van der Waals surface area contributed by atoms with Crippen LogP contribution in [0.4, 0.5) is 10.5 Å². The molecule has 2 aliphatic heterocycles. The molecule has 0 unspecified atom stereocenters. The van der Waals surface area contributed by atoms with E-state index in [1.807, 2.05) is 35.2 Å². The Labute approximate surface area is 160 Å². The Balaban J connectivity index is 1.35. The number of amides is 3. The van der Waals surface area contributed by atoms with Crippen LogP contribution in [-0.4, -0.2) is 60.1 Å². The predicted octanol–water partition coefficient (Wildman–Crippen LogP) is 3.10. The molecule has 1 N–H and O–H groups in total. The summed E-state index contributed by atoms with van der Waals surface area (Å²) in [7, 11) is 0. The van der Waals surface area contributed by atoms with Crippen LogP contribution in [0.25, 0.3) is 0 Å². The standard InChI is InChI=1S/C21H29N3O3/c25-20(16-6-7-16)24(19-10-14-27-15-11-19)18-8-12-23(13-9-18)21(26)22-17-4-2-1-3-5-17/h1-5,16,18-19H,6-15H2,(H,22,26). The van der Waals surface area contributed by atoms with Crippen molar-refractivity contribution < 1.29 is 14.3 Å². The SMILES string of the molecule is O=C(Nc1ccccc1)N1CCC(N(C(=O)C2CC2)C2CCOCC2)CC1. The number of piperidine rings is 1. The van der Waals surface area contributed by atoms with Gasteiger partial charge in [0.05, 0.1) is 0 Å². The van der Waals surface area contributed by atoms with Gasteiger partial charge in [0, 0.05) is 50.0 Å². The number of urea groups is 1. The minimum Gasteiger partial charge on any atom is -0.381 e. The lowest BCUT2D eigenvalue weighted by atomic mass is 9.97. The zero-order valence-corrected chi connectivity index (χ0v) is 15.8. The summed E-state index contributed by atoms with van der Waals surface area (Å²) in [6.07, 6.45) is 5.67. The van der Waals surface area contributed by atoms with Crippen LogP contribution in [-0.2, 0) is 9.53 Å². The van der Waals surface area contributed by atoms with Gasteiger partial charge in [-0.1, -0.05) is 18.2 Å². The Kier molecular flexibility index (Phi) is 5.62. The molecule has 146 valence electrons. The van der Waals surface area contributed by atoms with Crippen molar-refractivity contribution in [2.45, 2.75) is 50.6 Å². The molecule has 3 aliphatic rings. The van der Waals surface area contributed by atoms with Crippen LogP contribution < -0.4 is 5.32 Å². The number of rotatable bonds is 4. The summed E-state index contributed by atoms with van der Waals surface area (Å²) in [5.41, 5.74) is 0.817. The van der Waals surface area contributed by atoms with Crippen LogP contribution >= 0.6 is 0 Å². The molecule has 0 spiro atoms. The number of ether oxygens (including phenoxy) is 1. The minimum atomic E-state index is -0.0502. The third kappa shape index (κ3) is 4.43. The van der Waals surface area contributed by atoms with Gasteiger partial charge in [-0.15, -0.1) is 0 Å². The number of hydrogen-bond donors (Lipinski definition) is 1. The first-order chi connectivity index (χ1) is 13.2. The molecule has 0 atom stereocenters. The van der Waals surface area contributed by atoms with E-state index in [1.165, 1.54) is 0 Å². The van der Waals surface area contributed by atoms with Gasteiger partial charge in [-0.05, 0) is 50.7 Å². The Morgan fingerprint density at radius 1 is 0.926 bits per heavy atom. The van der Waals surface area contributed by atoms with Gasteiger partial charge in [-0.3, -0.25) is 4.79 Å². The Hall–Kier alpha value is -2.08. The average Bonchev–Trinajstić information content (AvgIpc) is 3.56. The third-order valence-electron chi connectivity index (χ3n) is 5.94. The van der Waals surface area contributed by atoms with E-state index >= 15 is 0 Å². The molecule has 2 saturated heterocycles. The van der Waals surface area contributed by atoms with Gasteiger partial charge in [0.25, 0.3) is 0 Å². The van der Waals surface area contributed by atoms with Crippen LogP contribution in [0, 0.1) is 5.92 Å². The zero-order chi connectivity index (χ0) is 18.6. The predicted molar refractivity (Wildman–Crippen MR) is 103 cm³/mol. The van der Waals surface area contributed by atoms with Gasteiger partial charge in [0.15, 0.2) is 0 Å². The fraction of sp³-hybridized carbons (Fsp3) is 0.619. The number of anilines is 1. The molecule has 6 nitrogen and oxygen atoms in total. The quantitative estimate of drug-likeness (QED) is 0.885. The lowest BCUT2D eigenvalue weighted by Gasteiger charge is -2.43. The first kappa shape index (κ1) is 18.3. The van der Waals surface area contributed by atoms with E-state index in [9.17, 15) is 9.59 Å².